The Morgan fingerprint density at radius 2 is 2.00 bits per heavy atom. The molecule has 1 aliphatic rings. The number of anilines is 1. The summed E-state index contributed by atoms with van der Waals surface area (Å²) < 4.78 is 0. The number of carbonyl (C=O) groups excluding carboxylic acids is 2. The van der Waals surface area contributed by atoms with Crippen molar-refractivity contribution in [1.82, 2.24) is 5.32 Å². The van der Waals surface area contributed by atoms with Gasteiger partial charge < -0.3 is 10.2 Å². The first kappa shape index (κ1) is 17.7. The third-order valence-electron chi connectivity index (χ3n) is 4.59. The van der Waals surface area contributed by atoms with E-state index in [1.165, 1.54) is 0 Å². The van der Waals surface area contributed by atoms with Crippen LogP contribution in [0.4, 0.5) is 5.69 Å². The normalized spacial score (nSPS) is 15.0. The molecule has 0 saturated heterocycles. The fraction of sp³-hybridized carbons (Fsp3) is 0.400. The van der Waals surface area contributed by atoms with Gasteiger partial charge in [-0.3, -0.25) is 9.59 Å². The van der Waals surface area contributed by atoms with Crippen molar-refractivity contribution in [1.29, 1.82) is 0 Å². The first-order chi connectivity index (χ1) is 11.8. The van der Waals surface area contributed by atoms with Crippen LogP contribution in [0.25, 0.3) is 0 Å². The summed E-state index contributed by atoms with van der Waals surface area (Å²) in [6, 6.07) is 9.65. The van der Waals surface area contributed by atoms with Crippen LogP contribution >= 0.6 is 11.3 Å². The molecule has 0 saturated carbocycles. The predicted octanol–water partition coefficient (Wildman–Crippen LogP) is 4.17. The van der Waals surface area contributed by atoms with Gasteiger partial charge in [-0.1, -0.05) is 26.8 Å². The van der Waals surface area contributed by atoms with Crippen molar-refractivity contribution in [3.8, 4) is 0 Å². The Morgan fingerprint density at radius 1 is 1.24 bits per heavy atom. The van der Waals surface area contributed by atoms with E-state index in [0.717, 1.165) is 22.5 Å². The maximum absolute atomic E-state index is 12.8. The number of fused-ring (bicyclic) bond motifs is 1. The fourth-order valence-corrected chi connectivity index (χ4v) is 4.27. The largest absolute Gasteiger partial charge is 0.344 e. The molecular formula is C20H24N2O2S. The lowest BCUT2D eigenvalue weighted by molar-refractivity contribution is -0.116. The highest BCUT2D eigenvalue weighted by Crippen LogP contribution is 2.35. The molecule has 3 rings (SSSR count). The van der Waals surface area contributed by atoms with Crippen molar-refractivity contribution in [3.63, 3.8) is 0 Å². The molecule has 0 fully saturated rings. The van der Waals surface area contributed by atoms with E-state index in [9.17, 15) is 9.59 Å². The van der Waals surface area contributed by atoms with Gasteiger partial charge in [-0.2, -0.15) is 0 Å². The first-order valence-electron chi connectivity index (χ1n) is 8.52. The predicted molar refractivity (Wildman–Crippen MR) is 102 cm³/mol. The van der Waals surface area contributed by atoms with Crippen LogP contribution in [0.5, 0.6) is 0 Å². The Labute approximate surface area is 152 Å². The van der Waals surface area contributed by atoms with Crippen LogP contribution in [0.3, 0.4) is 0 Å². The van der Waals surface area contributed by atoms with Gasteiger partial charge in [0.1, 0.15) is 0 Å². The Morgan fingerprint density at radius 3 is 2.60 bits per heavy atom. The lowest BCUT2D eigenvalue weighted by Crippen LogP contribution is -2.36. The molecule has 1 aliphatic heterocycles. The van der Waals surface area contributed by atoms with Crippen molar-refractivity contribution in [2.45, 2.75) is 40.2 Å². The molecule has 0 spiro atoms. The lowest BCUT2D eigenvalue weighted by Gasteiger charge is -2.31. The van der Waals surface area contributed by atoms with Crippen LogP contribution in [0.2, 0.25) is 0 Å². The van der Waals surface area contributed by atoms with E-state index in [-0.39, 0.29) is 23.3 Å². The Kier molecular flexibility index (Phi) is 4.69. The first-order valence-corrected chi connectivity index (χ1v) is 9.40. The number of nitrogens with one attached hydrogen (secondary N) is 1. The molecule has 1 N–H and O–H groups in total. The van der Waals surface area contributed by atoms with Crippen molar-refractivity contribution < 1.29 is 9.59 Å². The summed E-state index contributed by atoms with van der Waals surface area (Å²) in [5.41, 5.74) is 2.55. The number of carbonyl (C=O) groups is 2. The maximum Gasteiger partial charge on any atom is 0.251 e. The van der Waals surface area contributed by atoms with E-state index in [1.54, 1.807) is 23.2 Å². The second kappa shape index (κ2) is 6.64. The van der Waals surface area contributed by atoms with E-state index in [4.69, 9.17) is 0 Å². The van der Waals surface area contributed by atoms with E-state index in [1.807, 2.05) is 29.6 Å². The number of amides is 2. The zero-order chi connectivity index (χ0) is 18.2. The topological polar surface area (TPSA) is 49.4 Å². The number of hydrogen-bond acceptors (Lipinski definition) is 3. The van der Waals surface area contributed by atoms with Gasteiger partial charge in [0.2, 0.25) is 5.91 Å². The minimum atomic E-state index is -0.0807. The van der Waals surface area contributed by atoms with Gasteiger partial charge in [-0.15, -0.1) is 11.3 Å². The van der Waals surface area contributed by atoms with Crippen LogP contribution in [-0.2, 0) is 11.2 Å². The van der Waals surface area contributed by atoms with Crippen LogP contribution in [0.1, 0.15) is 54.5 Å². The van der Waals surface area contributed by atoms with Crippen LogP contribution in [0, 0.1) is 5.41 Å². The Bertz CT molecular complexity index is 791. The molecule has 0 radical (unpaired) electrons. The van der Waals surface area contributed by atoms with Gasteiger partial charge in [-0.05, 0) is 47.0 Å². The van der Waals surface area contributed by atoms with Crippen LogP contribution in [-0.4, -0.2) is 18.4 Å². The third-order valence-corrected chi connectivity index (χ3v) is 5.52. The average molecular weight is 356 g/mol. The highest BCUT2D eigenvalue weighted by molar-refractivity contribution is 7.10. The summed E-state index contributed by atoms with van der Waals surface area (Å²) in [7, 11) is 0. The second-order valence-electron chi connectivity index (χ2n) is 7.55. The van der Waals surface area contributed by atoms with Gasteiger partial charge in [0.25, 0.3) is 5.91 Å². The molecule has 2 amide bonds. The number of nitrogens with zero attached hydrogens (tertiary/aromatic N) is 1. The minimum Gasteiger partial charge on any atom is -0.344 e. The zero-order valence-electron chi connectivity index (χ0n) is 15.1. The number of rotatable bonds is 3. The Balaban J connectivity index is 1.83. The zero-order valence-corrected chi connectivity index (χ0v) is 15.9. The summed E-state index contributed by atoms with van der Waals surface area (Å²) in [6.07, 6.45) is 0.795. The molecule has 2 aromatic rings. The monoisotopic (exact) mass is 356 g/mol. The van der Waals surface area contributed by atoms with E-state index < -0.39 is 0 Å². The summed E-state index contributed by atoms with van der Waals surface area (Å²) in [4.78, 5) is 27.4. The summed E-state index contributed by atoms with van der Waals surface area (Å²) in [5.74, 6) is -0.0288. The van der Waals surface area contributed by atoms with Gasteiger partial charge in [0.05, 0.1) is 6.04 Å². The second-order valence-corrected chi connectivity index (χ2v) is 8.53. The summed E-state index contributed by atoms with van der Waals surface area (Å²) >= 11 is 1.66. The Hall–Kier alpha value is -2.14. The summed E-state index contributed by atoms with van der Waals surface area (Å²) in [6.45, 7) is 8.65. The van der Waals surface area contributed by atoms with Crippen LogP contribution in [0.15, 0.2) is 35.7 Å². The third kappa shape index (κ3) is 3.61. The molecule has 0 bridgehead atoms. The molecule has 0 unspecified atom stereocenters. The number of benzene rings is 1. The molecule has 132 valence electrons. The van der Waals surface area contributed by atoms with Gasteiger partial charge in [0.15, 0.2) is 0 Å². The number of thiophene rings is 1. The quantitative estimate of drug-likeness (QED) is 0.897. The van der Waals surface area contributed by atoms with Gasteiger partial charge in [-0.25, -0.2) is 0 Å². The molecule has 1 aromatic carbocycles. The van der Waals surface area contributed by atoms with E-state index in [2.05, 4.69) is 32.2 Å². The van der Waals surface area contributed by atoms with Gasteiger partial charge >= 0.3 is 0 Å². The summed E-state index contributed by atoms with van der Waals surface area (Å²) in [5, 5.41) is 5.23. The highest BCUT2D eigenvalue weighted by Gasteiger charge is 2.29. The highest BCUT2D eigenvalue weighted by atomic mass is 32.1. The molecular weight excluding hydrogens is 332 g/mol. The van der Waals surface area contributed by atoms with Gasteiger partial charge in [0, 0.05) is 29.6 Å². The van der Waals surface area contributed by atoms with Crippen LogP contribution < -0.4 is 10.2 Å². The smallest absolute Gasteiger partial charge is 0.251 e. The standard InChI is InChI=1S/C20H24N2O2S/c1-13(23)22-10-9-14-12-15(7-8-16(14)22)19(24)21-18(20(2,3)4)17-6-5-11-25-17/h5-8,11-12,18H,9-10H2,1-4H3,(H,21,24)/t18-/m0/s1. The molecule has 5 heteroatoms. The fourth-order valence-electron chi connectivity index (χ4n) is 3.25. The number of hydrogen-bond donors (Lipinski definition) is 1. The van der Waals surface area contributed by atoms with Crippen molar-refractivity contribution in [3.05, 3.63) is 51.7 Å². The lowest BCUT2D eigenvalue weighted by atomic mass is 9.85. The molecule has 0 aliphatic carbocycles. The molecule has 1 atom stereocenters. The molecule has 1 aromatic heterocycles. The molecule has 2 heterocycles. The minimum absolute atomic E-state index is 0.0398. The SMILES string of the molecule is CC(=O)N1CCc2cc(C(=O)N[C@@H](c3cccs3)C(C)(C)C)ccc21. The van der Waals surface area contributed by atoms with Crippen molar-refractivity contribution in [2.75, 3.05) is 11.4 Å². The van der Waals surface area contributed by atoms with E-state index in [0.29, 0.717) is 12.1 Å². The van der Waals surface area contributed by atoms with Crippen molar-refractivity contribution in [2.24, 2.45) is 5.41 Å². The van der Waals surface area contributed by atoms with Crippen molar-refractivity contribution >= 4 is 28.8 Å². The maximum atomic E-state index is 12.8. The van der Waals surface area contributed by atoms with E-state index >= 15 is 0 Å². The molecule has 25 heavy (non-hydrogen) atoms. The molecule has 4 nitrogen and oxygen atoms in total. The average Bonchev–Trinajstić information content (AvgIpc) is 3.19.